The first-order chi connectivity index (χ1) is 10.8. The summed E-state index contributed by atoms with van der Waals surface area (Å²) in [6.07, 6.45) is 0.778. The largest absolute Gasteiger partial charge is 0.494 e. The van der Waals surface area contributed by atoms with E-state index in [1.165, 1.54) is 0 Å². The summed E-state index contributed by atoms with van der Waals surface area (Å²) in [5, 5.41) is 3.08. The molecule has 3 rings (SSSR count). The lowest BCUT2D eigenvalue weighted by atomic mass is 10.00. The van der Waals surface area contributed by atoms with E-state index >= 15 is 0 Å². The molecule has 0 bridgehead atoms. The van der Waals surface area contributed by atoms with Crippen LogP contribution in [0, 0.1) is 0 Å². The summed E-state index contributed by atoms with van der Waals surface area (Å²) in [4.78, 5) is 12.4. The van der Waals surface area contributed by atoms with Crippen LogP contribution in [0.1, 0.15) is 35.3 Å². The van der Waals surface area contributed by atoms with Crippen LogP contribution in [-0.4, -0.2) is 19.1 Å². The van der Waals surface area contributed by atoms with Crippen molar-refractivity contribution in [2.45, 2.75) is 19.4 Å². The Labute approximate surface area is 130 Å². The van der Waals surface area contributed by atoms with Crippen LogP contribution >= 0.6 is 0 Å². The van der Waals surface area contributed by atoms with Crippen molar-refractivity contribution in [3.8, 4) is 11.5 Å². The third-order valence-corrected chi connectivity index (χ3v) is 3.69. The van der Waals surface area contributed by atoms with E-state index in [2.05, 4.69) is 5.32 Å². The Kier molecular flexibility index (Phi) is 4.28. The normalized spacial score (nSPS) is 16.3. The van der Waals surface area contributed by atoms with Crippen molar-refractivity contribution < 1.29 is 14.3 Å². The van der Waals surface area contributed by atoms with Crippen molar-refractivity contribution in [2.24, 2.45) is 0 Å². The first kappa shape index (κ1) is 14.4. The number of hydrogen-bond donors (Lipinski definition) is 1. The molecule has 0 aliphatic carbocycles. The maximum atomic E-state index is 12.4. The SMILES string of the molecule is CCOc1ccc(C(=O)NC2CCOc3ccccc32)cc1. The van der Waals surface area contributed by atoms with Crippen LogP contribution in [0.15, 0.2) is 48.5 Å². The third kappa shape index (κ3) is 3.06. The van der Waals surface area contributed by atoms with E-state index in [1.807, 2.05) is 43.3 Å². The van der Waals surface area contributed by atoms with Gasteiger partial charge in [0.1, 0.15) is 11.5 Å². The Bertz CT molecular complexity index is 652. The van der Waals surface area contributed by atoms with Crippen molar-refractivity contribution in [3.05, 3.63) is 59.7 Å². The fourth-order valence-electron chi connectivity index (χ4n) is 2.60. The molecule has 1 aliphatic heterocycles. The highest BCUT2D eigenvalue weighted by molar-refractivity contribution is 5.94. The monoisotopic (exact) mass is 297 g/mol. The van der Waals surface area contributed by atoms with Gasteiger partial charge in [0.05, 0.1) is 19.3 Å². The molecule has 0 saturated carbocycles. The van der Waals surface area contributed by atoms with Crippen molar-refractivity contribution in [1.82, 2.24) is 5.32 Å². The molecule has 0 saturated heterocycles. The number of carbonyl (C=O) groups excluding carboxylic acids is 1. The summed E-state index contributed by atoms with van der Waals surface area (Å²) >= 11 is 0. The molecule has 1 heterocycles. The standard InChI is InChI=1S/C18H19NO3/c1-2-21-14-9-7-13(8-10-14)18(20)19-16-11-12-22-17-6-4-3-5-15(16)17/h3-10,16H,2,11-12H2,1H3,(H,19,20). The summed E-state index contributed by atoms with van der Waals surface area (Å²) in [6.45, 7) is 3.17. The van der Waals surface area contributed by atoms with Crippen LogP contribution in [-0.2, 0) is 0 Å². The first-order valence-corrected chi connectivity index (χ1v) is 7.53. The van der Waals surface area contributed by atoms with Crippen LogP contribution in [0.5, 0.6) is 11.5 Å². The zero-order valence-corrected chi connectivity index (χ0v) is 12.5. The third-order valence-electron chi connectivity index (χ3n) is 3.69. The highest BCUT2D eigenvalue weighted by Crippen LogP contribution is 2.31. The molecule has 22 heavy (non-hydrogen) atoms. The molecule has 114 valence electrons. The molecule has 1 atom stereocenters. The van der Waals surface area contributed by atoms with E-state index in [-0.39, 0.29) is 11.9 Å². The molecule has 4 heteroatoms. The maximum Gasteiger partial charge on any atom is 0.251 e. The van der Waals surface area contributed by atoms with Gasteiger partial charge < -0.3 is 14.8 Å². The summed E-state index contributed by atoms with van der Waals surface area (Å²) in [7, 11) is 0. The molecule has 1 amide bonds. The van der Waals surface area contributed by atoms with Gasteiger partial charge in [-0.1, -0.05) is 18.2 Å². The summed E-state index contributed by atoms with van der Waals surface area (Å²) in [5.74, 6) is 1.55. The second-order valence-corrected chi connectivity index (χ2v) is 5.16. The minimum atomic E-state index is -0.0789. The van der Waals surface area contributed by atoms with Gasteiger partial charge in [-0.3, -0.25) is 4.79 Å². The minimum absolute atomic E-state index is 0.0102. The van der Waals surface area contributed by atoms with Gasteiger partial charge in [-0.2, -0.15) is 0 Å². The topological polar surface area (TPSA) is 47.6 Å². The molecule has 0 spiro atoms. The number of para-hydroxylation sites is 1. The van der Waals surface area contributed by atoms with Crippen molar-refractivity contribution in [2.75, 3.05) is 13.2 Å². The smallest absolute Gasteiger partial charge is 0.251 e. The van der Waals surface area contributed by atoms with Crippen molar-refractivity contribution in [1.29, 1.82) is 0 Å². The molecular weight excluding hydrogens is 278 g/mol. The zero-order valence-electron chi connectivity index (χ0n) is 12.5. The van der Waals surface area contributed by atoms with Crippen LogP contribution in [0.25, 0.3) is 0 Å². The van der Waals surface area contributed by atoms with Crippen LogP contribution < -0.4 is 14.8 Å². The van der Waals surface area contributed by atoms with E-state index < -0.39 is 0 Å². The Morgan fingerprint density at radius 1 is 1.23 bits per heavy atom. The van der Waals surface area contributed by atoms with Gasteiger partial charge in [0.15, 0.2) is 0 Å². The van der Waals surface area contributed by atoms with Gasteiger partial charge in [0, 0.05) is 17.5 Å². The van der Waals surface area contributed by atoms with Crippen molar-refractivity contribution >= 4 is 5.91 Å². The Morgan fingerprint density at radius 3 is 2.77 bits per heavy atom. The Hall–Kier alpha value is -2.49. The van der Waals surface area contributed by atoms with Crippen LogP contribution in [0.4, 0.5) is 0 Å². The fraction of sp³-hybridized carbons (Fsp3) is 0.278. The average molecular weight is 297 g/mol. The van der Waals surface area contributed by atoms with Gasteiger partial charge >= 0.3 is 0 Å². The van der Waals surface area contributed by atoms with E-state index in [1.54, 1.807) is 12.1 Å². The molecule has 2 aromatic carbocycles. The second-order valence-electron chi connectivity index (χ2n) is 5.16. The van der Waals surface area contributed by atoms with Gasteiger partial charge in [-0.25, -0.2) is 0 Å². The lowest BCUT2D eigenvalue weighted by molar-refractivity contribution is 0.0925. The molecule has 1 unspecified atom stereocenters. The van der Waals surface area contributed by atoms with Crippen molar-refractivity contribution in [3.63, 3.8) is 0 Å². The van der Waals surface area contributed by atoms with E-state index in [4.69, 9.17) is 9.47 Å². The average Bonchev–Trinajstić information content (AvgIpc) is 2.56. The zero-order chi connectivity index (χ0) is 15.4. The van der Waals surface area contributed by atoms with Gasteiger partial charge in [0.25, 0.3) is 5.91 Å². The number of nitrogens with one attached hydrogen (secondary N) is 1. The van der Waals surface area contributed by atoms with Gasteiger partial charge in [-0.05, 0) is 37.3 Å². The number of carbonyl (C=O) groups is 1. The highest BCUT2D eigenvalue weighted by atomic mass is 16.5. The van der Waals surface area contributed by atoms with Crippen LogP contribution in [0.2, 0.25) is 0 Å². The minimum Gasteiger partial charge on any atom is -0.494 e. The second kappa shape index (κ2) is 6.52. The number of amides is 1. The number of ether oxygens (including phenoxy) is 2. The van der Waals surface area contributed by atoms with E-state index in [9.17, 15) is 4.79 Å². The number of benzene rings is 2. The maximum absolute atomic E-state index is 12.4. The predicted molar refractivity (Wildman–Crippen MR) is 84.4 cm³/mol. The first-order valence-electron chi connectivity index (χ1n) is 7.53. The number of rotatable bonds is 4. The fourth-order valence-corrected chi connectivity index (χ4v) is 2.60. The molecular formula is C18H19NO3. The van der Waals surface area contributed by atoms with E-state index in [0.29, 0.717) is 18.8 Å². The quantitative estimate of drug-likeness (QED) is 0.941. The Morgan fingerprint density at radius 2 is 2.00 bits per heavy atom. The molecule has 4 nitrogen and oxygen atoms in total. The van der Waals surface area contributed by atoms with E-state index in [0.717, 1.165) is 23.5 Å². The number of hydrogen-bond acceptors (Lipinski definition) is 3. The number of fused-ring (bicyclic) bond motifs is 1. The Balaban J connectivity index is 1.72. The summed E-state index contributed by atoms with van der Waals surface area (Å²) < 4.78 is 11.0. The lowest BCUT2D eigenvalue weighted by Crippen LogP contribution is -2.32. The molecule has 1 N–H and O–H groups in total. The molecule has 0 aromatic heterocycles. The molecule has 2 aromatic rings. The summed E-state index contributed by atoms with van der Waals surface area (Å²) in [5.41, 5.74) is 1.67. The summed E-state index contributed by atoms with van der Waals surface area (Å²) in [6, 6.07) is 15.0. The van der Waals surface area contributed by atoms with Crippen LogP contribution in [0.3, 0.4) is 0 Å². The van der Waals surface area contributed by atoms with Gasteiger partial charge in [-0.15, -0.1) is 0 Å². The lowest BCUT2D eigenvalue weighted by Gasteiger charge is -2.26. The molecule has 0 radical (unpaired) electrons. The predicted octanol–water partition coefficient (Wildman–Crippen LogP) is 3.34. The van der Waals surface area contributed by atoms with Gasteiger partial charge in [0.2, 0.25) is 0 Å². The molecule has 1 aliphatic rings. The highest BCUT2D eigenvalue weighted by Gasteiger charge is 2.22. The molecule has 0 fully saturated rings.